The Morgan fingerprint density at radius 1 is 2.00 bits per heavy atom. The number of aromatic nitrogens is 1. The van der Waals surface area contributed by atoms with Gasteiger partial charge >= 0.3 is 0 Å². The molecule has 1 heterocycles. The fraction of sp³-hybridized carbons (Fsp3) is 0.167. The molecular weight excluding hydrogens is 122 g/mol. The molecule has 0 saturated carbocycles. The van der Waals surface area contributed by atoms with Crippen molar-refractivity contribution in [2.24, 2.45) is 0 Å². The van der Waals surface area contributed by atoms with Crippen LogP contribution in [-0.4, -0.2) is 4.98 Å². The van der Waals surface area contributed by atoms with E-state index in [1.165, 1.54) is 0 Å². The molecule has 0 radical (unpaired) electrons. The lowest BCUT2D eigenvalue weighted by molar-refractivity contribution is 1.27. The van der Waals surface area contributed by atoms with Crippen LogP contribution >= 0.6 is 11.6 Å². The Morgan fingerprint density at radius 3 is 3.62 bits per heavy atom. The van der Waals surface area contributed by atoms with Gasteiger partial charge in [0.25, 0.3) is 0 Å². The molecule has 42 valence electrons. The highest BCUT2D eigenvalue weighted by Gasteiger charge is 1.88. The van der Waals surface area contributed by atoms with Gasteiger partial charge in [-0.05, 0) is 18.5 Å². The summed E-state index contributed by atoms with van der Waals surface area (Å²) in [5.41, 5.74) is -0.472. The fourth-order valence-corrected chi connectivity index (χ4v) is 0.364. The lowest BCUT2D eigenvalue weighted by atomic mass is 10.3. The van der Waals surface area contributed by atoms with E-state index in [2.05, 4.69) is 4.98 Å². The van der Waals surface area contributed by atoms with Crippen molar-refractivity contribution in [3.63, 3.8) is 0 Å². The molecule has 1 aromatic rings. The Bertz CT molecular complexity index is 374. The van der Waals surface area contributed by atoms with Crippen molar-refractivity contribution in [1.29, 1.82) is 0 Å². The van der Waals surface area contributed by atoms with Crippen LogP contribution in [-0.2, 0) is 0 Å². The van der Waals surface area contributed by atoms with Crippen molar-refractivity contribution in [3.8, 4) is 0 Å². The minimum Gasteiger partial charge on any atom is -0.244 e. The number of rotatable bonds is 0. The molecule has 0 aromatic carbocycles. The zero-order chi connectivity index (χ0) is 11.1. The van der Waals surface area contributed by atoms with Crippen molar-refractivity contribution in [3.05, 3.63) is 29.0 Å². The first kappa shape index (κ1) is 1.71. The number of hydrogen-bond donors (Lipinski definition) is 0. The van der Waals surface area contributed by atoms with E-state index in [1.54, 1.807) is 0 Å². The van der Waals surface area contributed by atoms with E-state index >= 15 is 0 Å². The Balaban J connectivity index is 3.53. The highest BCUT2D eigenvalue weighted by molar-refractivity contribution is 6.30. The minimum atomic E-state index is -2.58. The maximum atomic E-state index is 7.34. The first-order chi connectivity index (χ1) is 6.25. The Labute approximate surface area is 61.7 Å². The van der Waals surface area contributed by atoms with E-state index in [0.29, 0.717) is 0 Å². The smallest absolute Gasteiger partial charge is 0.131 e. The van der Waals surface area contributed by atoms with Crippen molar-refractivity contribution in [1.82, 2.24) is 4.98 Å². The monoisotopic (exact) mass is 133 g/mol. The van der Waals surface area contributed by atoms with E-state index < -0.39 is 35.8 Å². The summed E-state index contributed by atoms with van der Waals surface area (Å²) in [5, 5.41) is -0.406. The maximum Gasteiger partial charge on any atom is 0.131 e. The van der Waals surface area contributed by atoms with Gasteiger partial charge in [-0.15, -0.1) is 0 Å². The lowest BCUT2D eigenvalue weighted by Crippen LogP contribution is -1.75. The largest absolute Gasteiger partial charge is 0.244 e. The van der Waals surface area contributed by atoms with E-state index in [9.17, 15) is 0 Å². The predicted molar refractivity (Wildman–Crippen MR) is 34.0 cm³/mol. The Morgan fingerprint density at radius 2 is 2.88 bits per heavy atom. The van der Waals surface area contributed by atoms with Crippen LogP contribution in [0.2, 0.25) is 5.15 Å². The van der Waals surface area contributed by atoms with Crippen LogP contribution in [0.4, 0.5) is 0 Å². The molecule has 0 unspecified atom stereocenters. The second-order valence-corrected chi connectivity index (χ2v) is 1.50. The van der Waals surface area contributed by atoms with Crippen LogP contribution in [0.1, 0.15) is 13.8 Å². The third-order valence-corrected chi connectivity index (χ3v) is 0.877. The van der Waals surface area contributed by atoms with Crippen LogP contribution < -0.4 is 0 Å². The van der Waals surface area contributed by atoms with E-state index in [0.717, 1.165) is 0 Å². The summed E-state index contributed by atoms with van der Waals surface area (Å²) in [6.07, 6.45) is -0.493. The molecule has 0 saturated heterocycles. The SMILES string of the molecule is [2H]c1nc(Cl)c(C([2H])([2H])[2H])c([2H])c1[2H]. The first-order valence-electron chi connectivity index (χ1n) is 4.89. The van der Waals surface area contributed by atoms with Gasteiger partial charge in [0, 0.05) is 10.3 Å². The molecule has 2 heteroatoms. The molecule has 0 aliphatic carbocycles. The molecular formula is C6H6ClN. The van der Waals surface area contributed by atoms with Gasteiger partial charge in [-0.1, -0.05) is 17.6 Å². The van der Waals surface area contributed by atoms with Gasteiger partial charge in [0.1, 0.15) is 5.15 Å². The van der Waals surface area contributed by atoms with Gasteiger partial charge < -0.3 is 0 Å². The lowest BCUT2D eigenvalue weighted by Gasteiger charge is -1.89. The quantitative estimate of drug-likeness (QED) is 0.494. The molecule has 0 N–H and O–H groups in total. The van der Waals surface area contributed by atoms with Gasteiger partial charge in [0.2, 0.25) is 0 Å². The molecule has 0 bridgehead atoms. The summed E-state index contributed by atoms with van der Waals surface area (Å²) in [6.45, 7) is -2.58. The minimum absolute atomic E-state index is 0.406. The zero-order valence-electron chi connectivity index (χ0n) is 9.83. The van der Waals surface area contributed by atoms with Crippen LogP contribution in [0.3, 0.4) is 0 Å². The number of nitrogens with zero attached hydrogens (tertiary/aromatic N) is 1. The Hall–Kier alpha value is -0.560. The number of pyridine rings is 1. The predicted octanol–water partition coefficient (Wildman–Crippen LogP) is 2.04. The normalized spacial score (nSPS) is 21.6. The van der Waals surface area contributed by atoms with Gasteiger partial charge in [0.05, 0.1) is 4.11 Å². The van der Waals surface area contributed by atoms with Crippen molar-refractivity contribution < 1.29 is 8.22 Å². The summed E-state index contributed by atoms with van der Waals surface area (Å²) in [6, 6.07) is -1.09. The summed E-state index contributed by atoms with van der Waals surface area (Å²) >= 11 is 5.50. The van der Waals surface area contributed by atoms with Gasteiger partial charge in [0.15, 0.2) is 0 Å². The molecule has 8 heavy (non-hydrogen) atoms. The maximum absolute atomic E-state index is 7.34. The second-order valence-electron chi connectivity index (χ2n) is 1.14. The average Bonchev–Trinajstić information content (AvgIpc) is 1.97. The molecule has 0 aliphatic heterocycles. The van der Waals surface area contributed by atoms with Crippen LogP contribution in [0, 0.1) is 6.85 Å². The summed E-state index contributed by atoms with van der Waals surface area (Å²) in [4.78, 5) is 3.36. The third-order valence-electron chi connectivity index (χ3n) is 0.604. The molecule has 0 fully saturated rings. The summed E-state index contributed by atoms with van der Waals surface area (Å²) < 4.78 is 42.9. The molecule has 0 atom stereocenters. The van der Waals surface area contributed by atoms with E-state index in [4.69, 9.17) is 19.8 Å². The summed E-state index contributed by atoms with van der Waals surface area (Å²) in [5.74, 6) is 0. The highest BCUT2D eigenvalue weighted by atomic mass is 35.5. The number of hydrogen-bond acceptors (Lipinski definition) is 1. The standard InChI is InChI=1S/C6H6ClN/c1-5-3-2-4-8-6(5)7/h2-4H,1H3/i1D3,2D,3D,4D. The average molecular weight is 134 g/mol. The van der Waals surface area contributed by atoms with Crippen LogP contribution in [0.25, 0.3) is 0 Å². The van der Waals surface area contributed by atoms with Gasteiger partial charge in [-0.25, -0.2) is 4.98 Å². The van der Waals surface area contributed by atoms with Crippen LogP contribution in [0.15, 0.2) is 18.3 Å². The van der Waals surface area contributed by atoms with Crippen LogP contribution in [0.5, 0.6) is 0 Å². The van der Waals surface area contributed by atoms with E-state index in [-0.39, 0.29) is 0 Å². The molecule has 1 nitrogen and oxygen atoms in total. The molecule has 0 spiro atoms. The zero-order valence-corrected chi connectivity index (χ0v) is 4.58. The molecule has 1 rings (SSSR count). The molecule has 0 amide bonds. The van der Waals surface area contributed by atoms with Crippen molar-refractivity contribution >= 4 is 11.6 Å². The van der Waals surface area contributed by atoms with E-state index in [1.807, 2.05) is 0 Å². The van der Waals surface area contributed by atoms with Crippen molar-refractivity contribution in [2.45, 2.75) is 6.85 Å². The molecule has 1 aromatic heterocycles. The Kier molecular flexibility index (Phi) is 0.457. The first-order valence-corrected chi connectivity index (χ1v) is 2.26. The second kappa shape index (κ2) is 2.14. The fourth-order valence-electron chi connectivity index (χ4n) is 0.275. The topological polar surface area (TPSA) is 12.9 Å². The van der Waals surface area contributed by atoms with Gasteiger partial charge in [-0.3, -0.25) is 0 Å². The summed E-state index contributed by atoms with van der Waals surface area (Å²) in [7, 11) is 0. The third kappa shape index (κ3) is 0.984. The highest BCUT2D eigenvalue weighted by Crippen LogP contribution is 2.07. The molecule has 0 aliphatic rings. The van der Waals surface area contributed by atoms with Gasteiger partial charge in [-0.2, -0.15) is 0 Å². The van der Waals surface area contributed by atoms with Crippen molar-refractivity contribution in [2.75, 3.05) is 0 Å². The number of halogens is 1.